The first kappa shape index (κ1) is 20.3. The molecule has 0 saturated carbocycles. The number of fused-ring (bicyclic) bond motifs is 2. The van der Waals surface area contributed by atoms with Crippen molar-refractivity contribution in [2.45, 2.75) is 25.5 Å². The molecule has 1 atom stereocenters. The SMILES string of the molecule is CN1C(=O)Cc2cccc(CNCCC3CN(c4ccc5c(n4)NC(=O)CO5)C(=O)O3)c21. The Labute approximate surface area is 184 Å². The Bertz CT molecular complexity index is 1100. The smallest absolute Gasteiger partial charge is 0.415 e. The van der Waals surface area contributed by atoms with E-state index in [4.69, 9.17) is 9.47 Å². The summed E-state index contributed by atoms with van der Waals surface area (Å²) in [6.45, 7) is 1.60. The lowest BCUT2D eigenvalue weighted by molar-refractivity contribution is -0.119. The molecule has 4 heterocycles. The Hall–Kier alpha value is -3.66. The lowest BCUT2D eigenvalue weighted by Crippen LogP contribution is -2.29. The quantitative estimate of drug-likeness (QED) is 0.658. The van der Waals surface area contributed by atoms with E-state index in [0.717, 1.165) is 16.8 Å². The molecular formula is C22H23N5O5. The summed E-state index contributed by atoms with van der Waals surface area (Å²) in [5.41, 5.74) is 3.11. The van der Waals surface area contributed by atoms with Gasteiger partial charge >= 0.3 is 6.09 Å². The number of pyridine rings is 1. The van der Waals surface area contributed by atoms with Crippen LogP contribution < -0.4 is 25.2 Å². The molecule has 32 heavy (non-hydrogen) atoms. The van der Waals surface area contributed by atoms with E-state index < -0.39 is 6.09 Å². The van der Waals surface area contributed by atoms with Crippen LogP contribution in [0.15, 0.2) is 30.3 Å². The maximum absolute atomic E-state index is 12.4. The number of hydrogen-bond donors (Lipinski definition) is 2. The van der Waals surface area contributed by atoms with Gasteiger partial charge < -0.3 is 25.0 Å². The molecule has 2 aromatic rings. The molecule has 166 valence electrons. The molecule has 1 fully saturated rings. The summed E-state index contributed by atoms with van der Waals surface area (Å²) in [6, 6.07) is 9.32. The predicted octanol–water partition coefficient (Wildman–Crippen LogP) is 1.44. The number of carbonyl (C=O) groups excluding carboxylic acids is 3. The molecule has 1 unspecified atom stereocenters. The molecule has 0 aliphatic carbocycles. The summed E-state index contributed by atoms with van der Waals surface area (Å²) in [5.74, 6) is 1.00. The molecule has 3 aliphatic rings. The number of hydrogen-bond acceptors (Lipinski definition) is 7. The Kier molecular flexibility index (Phi) is 5.14. The minimum Gasteiger partial charge on any atom is -0.480 e. The highest BCUT2D eigenvalue weighted by atomic mass is 16.6. The molecule has 3 aliphatic heterocycles. The third-order valence-corrected chi connectivity index (χ3v) is 5.82. The topological polar surface area (TPSA) is 113 Å². The Morgan fingerprint density at radius 1 is 1.22 bits per heavy atom. The highest BCUT2D eigenvalue weighted by molar-refractivity contribution is 6.01. The van der Waals surface area contributed by atoms with E-state index in [1.165, 1.54) is 4.90 Å². The maximum atomic E-state index is 12.4. The van der Waals surface area contributed by atoms with E-state index in [0.29, 0.717) is 49.9 Å². The zero-order valence-corrected chi connectivity index (χ0v) is 17.6. The Morgan fingerprint density at radius 3 is 2.97 bits per heavy atom. The van der Waals surface area contributed by atoms with Crippen LogP contribution in [0.3, 0.4) is 0 Å². The van der Waals surface area contributed by atoms with Gasteiger partial charge in [0.05, 0.1) is 18.7 Å². The number of nitrogens with zero attached hydrogens (tertiary/aromatic N) is 3. The molecule has 0 bridgehead atoms. The van der Waals surface area contributed by atoms with Gasteiger partial charge in [0.1, 0.15) is 11.9 Å². The van der Waals surface area contributed by atoms with E-state index in [1.807, 2.05) is 18.2 Å². The van der Waals surface area contributed by atoms with Gasteiger partial charge in [-0.2, -0.15) is 0 Å². The van der Waals surface area contributed by atoms with Crippen molar-refractivity contribution in [2.24, 2.45) is 0 Å². The minimum atomic E-state index is -0.466. The van der Waals surface area contributed by atoms with Gasteiger partial charge in [-0.05, 0) is 36.2 Å². The molecule has 0 radical (unpaired) electrons. The number of anilines is 3. The van der Waals surface area contributed by atoms with Crippen molar-refractivity contribution in [2.75, 3.05) is 41.9 Å². The van der Waals surface area contributed by atoms with Gasteiger partial charge in [-0.15, -0.1) is 0 Å². The van der Waals surface area contributed by atoms with Crippen molar-refractivity contribution in [1.29, 1.82) is 0 Å². The molecule has 2 N–H and O–H groups in total. The monoisotopic (exact) mass is 437 g/mol. The number of carbonyl (C=O) groups is 3. The molecule has 3 amide bonds. The van der Waals surface area contributed by atoms with Gasteiger partial charge in [-0.25, -0.2) is 9.78 Å². The minimum absolute atomic E-state index is 0.0484. The van der Waals surface area contributed by atoms with Crippen LogP contribution in [0.25, 0.3) is 0 Å². The van der Waals surface area contributed by atoms with Crippen molar-refractivity contribution in [3.63, 3.8) is 0 Å². The van der Waals surface area contributed by atoms with Crippen LogP contribution in [0, 0.1) is 0 Å². The van der Waals surface area contributed by atoms with E-state index in [2.05, 4.69) is 15.6 Å². The number of rotatable bonds is 6. The average molecular weight is 437 g/mol. The fourth-order valence-corrected chi connectivity index (χ4v) is 4.22. The lowest BCUT2D eigenvalue weighted by atomic mass is 10.1. The van der Waals surface area contributed by atoms with Crippen molar-refractivity contribution in [1.82, 2.24) is 10.3 Å². The molecule has 5 rings (SSSR count). The second-order valence-electron chi connectivity index (χ2n) is 7.99. The van der Waals surface area contributed by atoms with Crippen LogP contribution in [0.2, 0.25) is 0 Å². The largest absolute Gasteiger partial charge is 0.480 e. The van der Waals surface area contributed by atoms with E-state index >= 15 is 0 Å². The number of likely N-dealkylation sites (N-methyl/N-ethyl adjacent to an activating group) is 1. The molecule has 10 nitrogen and oxygen atoms in total. The Morgan fingerprint density at radius 2 is 2.09 bits per heavy atom. The first-order valence-electron chi connectivity index (χ1n) is 10.5. The number of para-hydroxylation sites is 1. The fourth-order valence-electron chi connectivity index (χ4n) is 4.22. The summed E-state index contributed by atoms with van der Waals surface area (Å²) in [6.07, 6.45) is 0.340. The third kappa shape index (κ3) is 3.73. The summed E-state index contributed by atoms with van der Waals surface area (Å²) < 4.78 is 10.8. The van der Waals surface area contributed by atoms with E-state index in [9.17, 15) is 14.4 Å². The normalized spacial score (nSPS) is 19.4. The molecule has 10 heteroatoms. The summed E-state index contributed by atoms with van der Waals surface area (Å²) in [4.78, 5) is 43.3. The molecule has 0 spiro atoms. The Balaban J connectivity index is 1.16. The highest BCUT2D eigenvalue weighted by Crippen LogP contribution is 2.32. The first-order valence-corrected chi connectivity index (χ1v) is 10.5. The van der Waals surface area contributed by atoms with Crippen LogP contribution in [0.1, 0.15) is 17.5 Å². The number of cyclic esters (lactones) is 1. The van der Waals surface area contributed by atoms with E-state index in [-0.39, 0.29) is 24.5 Å². The molecule has 1 saturated heterocycles. The van der Waals surface area contributed by atoms with Crippen molar-refractivity contribution < 1.29 is 23.9 Å². The van der Waals surface area contributed by atoms with E-state index in [1.54, 1.807) is 24.1 Å². The van der Waals surface area contributed by atoms with Gasteiger partial charge in [0, 0.05) is 13.6 Å². The highest BCUT2D eigenvalue weighted by Gasteiger charge is 2.34. The molecule has 1 aromatic heterocycles. The number of nitrogens with one attached hydrogen (secondary N) is 2. The zero-order valence-electron chi connectivity index (χ0n) is 17.6. The van der Waals surface area contributed by atoms with Gasteiger partial charge in [0.2, 0.25) is 5.91 Å². The molecular weight excluding hydrogens is 414 g/mol. The zero-order chi connectivity index (χ0) is 22.2. The summed E-state index contributed by atoms with van der Waals surface area (Å²) >= 11 is 0. The van der Waals surface area contributed by atoms with Gasteiger partial charge in [0.25, 0.3) is 5.91 Å². The van der Waals surface area contributed by atoms with Crippen molar-refractivity contribution in [3.8, 4) is 5.75 Å². The summed E-state index contributed by atoms with van der Waals surface area (Å²) in [7, 11) is 1.80. The first-order chi connectivity index (χ1) is 15.5. The third-order valence-electron chi connectivity index (χ3n) is 5.82. The fraction of sp³-hybridized carbons (Fsp3) is 0.364. The maximum Gasteiger partial charge on any atom is 0.415 e. The van der Waals surface area contributed by atoms with Crippen LogP contribution in [0.4, 0.5) is 22.1 Å². The number of ether oxygens (including phenoxy) is 2. The molecule has 1 aromatic carbocycles. The lowest BCUT2D eigenvalue weighted by Gasteiger charge is -2.19. The summed E-state index contributed by atoms with van der Waals surface area (Å²) in [5, 5.41) is 6.02. The van der Waals surface area contributed by atoms with Crippen molar-refractivity contribution in [3.05, 3.63) is 41.5 Å². The second-order valence-corrected chi connectivity index (χ2v) is 7.99. The van der Waals surface area contributed by atoms with Crippen LogP contribution >= 0.6 is 0 Å². The number of aromatic nitrogens is 1. The second kappa shape index (κ2) is 8.12. The number of amides is 3. The average Bonchev–Trinajstić information content (AvgIpc) is 3.30. The van der Waals surface area contributed by atoms with Crippen LogP contribution in [-0.4, -0.2) is 55.7 Å². The predicted molar refractivity (Wildman–Crippen MR) is 116 cm³/mol. The van der Waals surface area contributed by atoms with Gasteiger partial charge in [-0.3, -0.25) is 14.5 Å². The van der Waals surface area contributed by atoms with Crippen LogP contribution in [0.5, 0.6) is 5.75 Å². The van der Waals surface area contributed by atoms with Gasteiger partial charge in [-0.1, -0.05) is 18.2 Å². The van der Waals surface area contributed by atoms with Crippen molar-refractivity contribution >= 4 is 35.2 Å². The standard InChI is InChI=1S/C22H23N5O5/c1-26-19(29)9-13-3-2-4-14(20(13)26)10-23-8-7-15-11-27(22(30)32-15)17-6-5-16-21(24-17)25-18(28)12-31-16/h2-6,15,23H,7-12H2,1H3,(H,24,25,28). The van der Waals surface area contributed by atoms with Gasteiger partial charge in [0.15, 0.2) is 18.2 Å². The van der Waals surface area contributed by atoms with Crippen LogP contribution in [-0.2, 0) is 27.3 Å². The number of benzene rings is 1.